The second kappa shape index (κ2) is 6.38. The van der Waals surface area contributed by atoms with Crippen molar-refractivity contribution in [2.75, 3.05) is 6.54 Å². The van der Waals surface area contributed by atoms with E-state index in [0.29, 0.717) is 36.1 Å². The van der Waals surface area contributed by atoms with Crippen molar-refractivity contribution >= 4 is 11.6 Å². The van der Waals surface area contributed by atoms with E-state index in [2.05, 4.69) is 14.9 Å². The highest BCUT2D eigenvalue weighted by Gasteiger charge is 2.22. The first-order chi connectivity index (χ1) is 12.1. The zero-order valence-electron chi connectivity index (χ0n) is 13.3. The lowest BCUT2D eigenvalue weighted by atomic mass is 10.1. The summed E-state index contributed by atoms with van der Waals surface area (Å²) in [4.78, 5) is 21.9. The highest BCUT2D eigenvalue weighted by atomic mass is 35.5. The van der Waals surface area contributed by atoms with Crippen molar-refractivity contribution in [2.45, 2.75) is 19.5 Å². The van der Waals surface area contributed by atoms with E-state index in [1.807, 2.05) is 6.07 Å². The Morgan fingerprint density at radius 2 is 2.24 bits per heavy atom. The molecule has 3 aromatic rings. The Morgan fingerprint density at radius 3 is 3.00 bits per heavy atom. The van der Waals surface area contributed by atoms with Crippen molar-refractivity contribution in [3.05, 3.63) is 68.8 Å². The van der Waals surface area contributed by atoms with Gasteiger partial charge < -0.3 is 14.5 Å². The summed E-state index contributed by atoms with van der Waals surface area (Å²) in [5.74, 6) is 1.13. The molecule has 0 unspecified atom stereocenters. The molecule has 0 atom stereocenters. The maximum absolute atomic E-state index is 12.3. The molecule has 0 fully saturated rings. The number of phenolic OH excluding ortho intramolecular Hbond substituents is 1. The predicted molar refractivity (Wildman–Crippen MR) is 93.5 cm³/mol. The van der Waals surface area contributed by atoms with Crippen LogP contribution in [0.25, 0.3) is 11.6 Å². The molecule has 7 heteroatoms. The van der Waals surface area contributed by atoms with Crippen molar-refractivity contribution in [3.8, 4) is 17.3 Å². The topological polar surface area (TPSA) is 82.4 Å². The maximum Gasteiger partial charge on any atom is 0.254 e. The fraction of sp³-hybridized carbons (Fsp3) is 0.222. The highest BCUT2D eigenvalue weighted by molar-refractivity contribution is 6.31. The van der Waals surface area contributed by atoms with Gasteiger partial charge in [-0.3, -0.25) is 9.69 Å². The number of phenols is 1. The molecule has 4 rings (SSSR count). The monoisotopic (exact) mass is 357 g/mol. The molecule has 0 amide bonds. The van der Waals surface area contributed by atoms with Gasteiger partial charge in [-0.2, -0.15) is 0 Å². The number of rotatable bonds is 3. The number of fused-ring (bicyclic) bond motifs is 1. The van der Waals surface area contributed by atoms with Crippen LogP contribution >= 0.6 is 11.6 Å². The number of benzene rings is 1. The Hall–Kier alpha value is -2.57. The van der Waals surface area contributed by atoms with E-state index in [4.69, 9.17) is 16.0 Å². The van der Waals surface area contributed by atoms with Gasteiger partial charge in [0, 0.05) is 30.2 Å². The van der Waals surface area contributed by atoms with Gasteiger partial charge in [0.2, 0.25) is 0 Å². The van der Waals surface area contributed by atoms with E-state index in [1.165, 1.54) is 6.07 Å². The van der Waals surface area contributed by atoms with E-state index in [1.54, 1.807) is 24.5 Å². The summed E-state index contributed by atoms with van der Waals surface area (Å²) in [5.41, 5.74) is 2.30. The average Bonchev–Trinajstić information content (AvgIpc) is 3.12. The molecule has 0 spiro atoms. The maximum atomic E-state index is 12.3. The second-order valence-corrected chi connectivity index (χ2v) is 6.46. The number of aromatic hydroxyl groups is 1. The van der Waals surface area contributed by atoms with Gasteiger partial charge in [-0.25, -0.2) is 4.98 Å². The van der Waals surface area contributed by atoms with Crippen molar-refractivity contribution in [1.29, 1.82) is 0 Å². The van der Waals surface area contributed by atoms with Crippen LogP contribution < -0.4 is 5.56 Å². The number of aromatic amines is 1. The van der Waals surface area contributed by atoms with Crippen LogP contribution in [-0.2, 0) is 19.5 Å². The number of hydrogen-bond donors (Lipinski definition) is 2. The van der Waals surface area contributed by atoms with Crippen LogP contribution in [0.1, 0.15) is 16.8 Å². The summed E-state index contributed by atoms with van der Waals surface area (Å²) in [6.45, 7) is 1.93. The van der Waals surface area contributed by atoms with Crippen molar-refractivity contribution in [1.82, 2.24) is 14.9 Å². The molecule has 3 heterocycles. The van der Waals surface area contributed by atoms with Gasteiger partial charge in [-0.1, -0.05) is 17.7 Å². The van der Waals surface area contributed by atoms with Gasteiger partial charge in [-0.15, -0.1) is 0 Å². The number of nitrogens with one attached hydrogen (secondary N) is 1. The Bertz CT molecular complexity index is 966. The summed E-state index contributed by atoms with van der Waals surface area (Å²) in [6, 6.07) is 8.49. The molecule has 0 bridgehead atoms. The van der Waals surface area contributed by atoms with E-state index in [9.17, 15) is 9.90 Å². The van der Waals surface area contributed by atoms with Gasteiger partial charge in [0.1, 0.15) is 5.75 Å². The smallest absolute Gasteiger partial charge is 0.254 e. The Labute approximate surface area is 148 Å². The number of hydrogen-bond acceptors (Lipinski definition) is 5. The third kappa shape index (κ3) is 3.18. The number of aromatic nitrogens is 2. The molecule has 2 aromatic heterocycles. The Kier molecular flexibility index (Phi) is 4.07. The van der Waals surface area contributed by atoms with Crippen LogP contribution in [0.2, 0.25) is 5.02 Å². The first-order valence-electron chi connectivity index (χ1n) is 7.96. The SMILES string of the molecule is O=c1[nH]c(-c2ccco2)nc2c1CCN(Cc1ccc(O)cc1Cl)C2. The van der Waals surface area contributed by atoms with Crippen LogP contribution in [0.15, 0.2) is 45.8 Å². The molecule has 0 radical (unpaired) electrons. The second-order valence-electron chi connectivity index (χ2n) is 6.05. The Balaban J connectivity index is 1.61. The van der Waals surface area contributed by atoms with E-state index < -0.39 is 0 Å². The summed E-state index contributed by atoms with van der Waals surface area (Å²) in [7, 11) is 0. The van der Waals surface area contributed by atoms with Crippen LogP contribution in [0, 0.1) is 0 Å². The lowest BCUT2D eigenvalue weighted by Gasteiger charge is -2.28. The fourth-order valence-corrected chi connectivity index (χ4v) is 3.30. The highest BCUT2D eigenvalue weighted by Crippen LogP contribution is 2.25. The van der Waals surface area contributed by atoms with Crippen molar-refractivity contribution in [2.24, 2.45) is 0 Å². The molecular weight excluding hydrogens is 342 g/mol. The summed E-state index contributed by atoms with van der Waals surface area (Å²) >= 11 is 6.20. The fourth-order valence-electron chi connectivity index (χ4n) is 3.06. The molecule has 6 nitrogen and oxygen atoms in total. The molecule has 25 heavy (non-hydrogen) atoms. The first kappa shape index (κ1) is 15.9. The molecule has 1 aliphatic rings. The van der Waals surface area contributed by atoms with Gasteiger partial charge in [0.05, 0.1) is 12.0 Å². The largest absolute Gasteiger partial charge is 0.508 e. The summed E-state index contributed by atoms with van der Waals surface area (Å²) in [6.07, 6.45) is 2.18. The van der Waals surface area contributed by atoms with E-state index >= 15 is 0 Å². The van der Waals surface area contributed by atoms with Gasteiger partial charge in [0.25, 0.3) is 5.56 Å². The quantitative estimate of drug-likeness (QED) is 0.753. The van der Waals surface area contributed by atoms with Crippen LogP contribution in [0.5, 0.6) is 5.75 Å². The number of nitrogens with zero attached hydrogens (tertiary/aromatic N) is 2. The molecule has 0 aliphatic carbocycles. The lowest BCUT2D eigenvalue weighted by Crippen LogP contribution is -2.35. The molecule has 128 valence electrons. The van der Waals surface area contributed by atoms with Gasteiger partial charge >= 0.3 is 0 Å². The van der Waals surface area contributed by atoms with E-state index in [-0.39, 0.29) is 11.3 Å². The minimum absolute atomic E-state index is 0.112. The van der Waals surface area contributed by atoms with Crippen LogP contribution in [-0.4, -0.2) is 26.5 Å². The third-order valence-electron chi connectivity index (χ3n) is 4.34. The summed E-state index contributed by atoms with van der Waals surface area (Å²) in [5, 5.41) is 10.00. The molecule has 1 aromatic carbocycles. The third-order valence-corrected chi connectivity index (χ3v) is 4.69. The predicted octanol–water partition coefficient (Wildman–Crippen LogP) is 2.95. The first-order valence-corrected chi connectivity index (χ1v) is 8.33. The molecule has 0 saturated heterocycles. The molecule has 2 N–H and O–H groups in total. The van der Waals surface area contributed by atoms with Crippen molar-refractivity contribution in [3.63, 3.8) is 0 Å². The minimum Gasteiger partial charge on any atom is -0.508 e. The lowest BCUT2D eigenvalue weighted by molar-refractivity contribution is 0.240. The van der Waals surface area contributed by atoms with Crippen molar-refractivity contribution < 1.29 is 9.52 Å². The van der Waals surface area contributed by atoms with E-state index in [0.717, 1.165) is 23.4 Å². The standard InChI is InChI=1S/C18H16ClN3O3/c19-14-8-12(23)4-3-11(14)9-22-6-5-13-15(10-22)20-17(21-18(13)24)16-2-1-7-25-16/h1-4,7-8,23H,5-6,9-10H2,(H,20,21,24). The normalized spacial score (nSPS) is 14.4. The summed E-state index contributed by atoms with van der Waals surface area (Å²) < 4.78 is 5.33. The van der Waals surface area contributed by atoms with Crippen LogP contribution in [0.3, 0.4) is 0 Å². The average molecular weight is 358 g/mol. The zero-order valence-corrected chi connectivity index (χ0v) is 14.1. The molecular formula is C18H16ClN3O3. The number of furan rings is 1. The number of halogens is 1. The van der Waals surface area contributed by atoms with Gasteiger partial charge in [0.15, 0.2) is 11.6 Å². The Morgan fingerprint density at radius 1 is 1.36 bits per heavy atom. The molecule has 0 saturated carbocycles. The molecule has 1 aliphatic heterocycles. The minimum atomic E-state index is -0.112. The zero-order chi connectivity index (χ0) is 17.4. The van der Waals surface area contributed by atoms with Gasteiger partial charge in [-0.05, 0) is 36.2 Å². The number of H-pyrrole nitrogens is 1. The van der Waals surface area contributed by atoms with Crippen LogP contribution in [0.4, 0.5) is 0 Å².